The van der Waals surface area contributed by atoms with E-state index in [2.05, 4.69) is 15.4 Å². The fourth-order valence-corrected chi connectivity index (χ4v) is 5.23. The molecule has 11 heteroatoms. The van der Waals surface area contributed by atoms with Crippen LogP contribution in [0.15, 0.2) is 36.4 Å². The summed E-state index contributed by atoms with van der Waals surface area (Å²) in [5.41, 5.74) is 12.5. The van der Waals surface area contributed by atoms with Gasteiger partial charge in [-0.2, -0.15) is 5.10 Å². The van der Waals surface area contributed by atoms with Crippen molar-refractivity contribution in [3.05, 3.63) is 47.2 Å². The van der Waals surface area contributed by atoms with E-state index in [1.165, 1.54) is 4.68 Å². The van der Waals surface area contributed by atoms with Crippen LogP contribution in [-0.4, -0.2) is 49.5 Å². The molecule has 2 aromatic heterocycles. The molecular weight excluding hydrogens is 446 g/mol. The summed E-state index contributed by atoms with van der Waals surface area (Å²) in [5.74, 6) is -0.837. The lowest BCUT2D eigenvalue weighted by Gasteiger charge is -2.34. The van der Waals surface area contributed by atoms with E-state index >= 15 is 0 Å². The number of fused-ring (bicyclic) bond motifs is 3. The van der Waals surface area contributed by atoms with E-state index in [0.29, 0.717) is 22.4 Å². The number of benzene rings is 1. The Morgan fingerprint density at radius 1 is 1.18 bits per heavy atom. The van der Waals surface area contributed by atoms with E-state index in [9.17, 15) is 14.4 Å². The average Bonchev–Trinajstić information content (AvgIpc) is 3.47. The smallest absolute Gasteiger partial charge is 0.269 e. The number of nitrogens with two attached hydrogens (primary N) is 2. The number of pyridine rings is 1. The maximum Gasteiger partial charge on any atom is 0.269 e. The van der Waals surface area contributed by atoms with Crippen LogP contribution < -0.4 is 16.8 Å². The summed E-state index contributed by atoms with van der Waals surface area (Å²) in [6.45, 7) is -0.143. The largest absolute Gasteiger partial charge is 0.399 e. The van der Waals surface area contributed by atoms with Crippen molar-refractivity contribution in [3.63, 3.8) is 0 Å². The fraction of sp³-hybridized carbons (Fsp3) is 0.318. The summed E-state index contributed by atoms with van der Waals surface area (Å²) in [6, 6.07) is 9.28. The minimum atomic E-state index is -0.692. The predicted molar refractivity (Wildman–Crippen MR) is 122 cm³/mol. The van der Waals surface area contributed by atoms with Crippen LogP contribution in [0.3, 0.4) is 0 Å². The topological polar surface area (TPSA) is 149 Å². The number of piperidine rings is 1. The van der Waals surface area contributed by atoms with Gasteiger partial charge in [0.25, 0.3) is 5.91 Å². The van der Waals surface area contributed by atoms with Gasteiger partial charge in [0, 0.05) is 17.1 Å². The average molecular weight is 468 g/mol. The number of likely N-dealkylation sites (tertiary alicyclic amines) is 1. The van der Waals surface area contributed by atoms with Gasteiger partial charge >= 0.3 is 0 Å². The van der Waals surface area contributed by atoms with Crippen molar-refractivity contribution in [2.45, 2.75) is 37.9 Å². The highest BCUT2D eigenvalue weighted by Crippen LogP contribution is 2.43. The molecule has 2 bridgehead atoms. The number of aromatic nitrogens is 3. The van der Waals surface area contributed by atoms with Crippen LogP contribution in [0.5, 0.6) is 0 Å². The van der Waals surface area contributed by atoms with Gasteiger partial charge in [-0.15, -0.1) is 0 Å². The Morgan fingerprint density at radius 3 is 2.76 bits per heavy atom. The van der Waals surface area contributed by atoms with Crippen molar-refractivity contribution in [2.24, 2.45) is 11.7 Å². The highest BCUT2D eigenvalue weighted by Gasteiger charge is 2.51. The number of carbonyl (C=O) groups is 3. The predicted octanol–water partition coefficient (Wildman–Crippen LogP) is 1.78. The second kappa shape index (κ2) is 8.04. The number of anilines is 2. The molecule has 0 spiro atoms. The zero-order valence-corrected chi connectivity index (χ0v) is 18.3. The highest BCUT2D eigenvalue weighted by atomic mass is 35.5. The molecule has 10 nitrogen and oxygen atoms in total. The number of rotatable bonds is 5. The number of nitrogens with zero attached hydrogens (tertiary/aromatic N) is 4. The molecule has 0 unspecified atom stereocenters. The maximum atomic E-state index is 13.4. The lowest BCUT2D eigenvalue weighted by atomic mass is 9.97. The Labute approximate surface area is 193 Å². The first-order valence-corrected chi connectivity index (χ1v) is 11.0. The van der Waals surface area contributed by atoms with Crippen LogP contribution in [0, 0.1) is 5.92 Å². The standard InChI is InChI=1S/C22H22ClN7O3/c23-16-2-1-3-17(26-16)27-22(33)20-11-4-6-13(8-11)30(20)18(31)10-29-15-9-12(24)5-7-14(15)19(28-29)21(25)32/h1-3,5,7,9,11,13,20H,4,6,8,10,24H2,(H2,25,32)(H,26,27,33)/t11-,13+,20-/m0/s1. The van der Waals surface area contributed by atoms with Gasteiger partial charge in [0.1, 0.15) is 23.6 Å². The number of nitrogen functional groups attached to an aromatic ring is 1. The fourth-order valence-electron chi connectivity index (χ4n) is 5.07. The van der Waals surface area contributed by atoms with Crippen molar-refractivity contribution in [2.75, 3.05) is 11.1 Å². The first-order valence-electron chi connectivity index (χ1n) is 10.6. The number of hydrogen-bond acceptors (Lipinski definition) is 6. The number of primary amides is 1. The number of hydrogen-bond donors (Lipinski definition) is 3. The van der Waals surface area contributed by atoms with Gasteiger partial charge in [-0.1, -0.05) is 17.7 Å². The summed E-state index contributed by atoms with van der Waals surface area (Å²) in [5, 5.41) is 7.84. The van der Waals surface area contributed by atoms with Crippen molar-refractivity contribution >= 4 is 51.7 Å². The maximum absolute atomic E-state index is 13.4. The normalized spacial score (nSPS) is 21.5. The highest BCUT2D eigenvalue weighted by molar-refractivity contribution is 6.29. The van der Waals surface area contributed by atoms with Crippen LogP contribution in [0.2, 0.25) is 5.15 Å². The molecule has 170 valence electrons. The van der Waals surface area contributed by atoms with E-state index < -0.39 is 11.9 Å². The molecule has 33 heavy (non-hydrogen) atoms. The molecule has 2 aliphatic rings. The molecule has 1 saturated heterocycles. The molecule has 3 atom stereocenters. The third-order valence-electron chi connectivity index (χ3n) is 6.40. The van der Waals surface area contributed by atoms with Gasteiger partial charge in [-0.3, -0.25) is 19.1 Å². The number of nitrogens with one attached hydrogen (secondary N) is 1. The minimum Gasteiger partial charge on any atom is -0.399 e. The summed E-state index contributed by atoms with van der Waals surface area (Å²) in [4.78, 5) is 44.2. The van der Waals surface area contributed by atoms with Crippen LogP contribution >= 0.6 is 11.6 Å². The zero-order chi connectivity index (χ0) is 23.3. The molecular formula is C22H22ClN7O3. The molecule has 1 aliphatic heterocycles. The van der Waals surface area contributed by atoms with Crippen molar-refractivity contribution in [1.29, 1.82) is 0 Å². The van der Waals surface area contributed by atoms with Gasteiger partial charge in [0.2, 0.25) is 11.8 Å². The summed E-state index contributed by atoms with van der Waals surface area (Å²) < 4.78 is 1.42. The Hall–Kier alpha value is -3.66. The van der Waals surface area contributed by atoms with Crippen LogP contribution in [0.1, 0.15) is 29.8 Å². The second-order valence-electron chi connectivity index (χ2n) is 8.45. The molecule has 3 aromatic rings. The summed E-state index contributed by atoms with van der Waals surface area (Å²) in [6.07, 6.45) is 2.49. The summed E-state index contributed by atoms with van der Waals surface area (Å²) in [7, 11) is 0. The van der Waals surface area contributed by atoms with Gasteiger partial charge < -0.3 is 21.7 Å². The SMILES string of the molecule is NC(=O)c1nn(CC(=O)N2[C@@H]3CC[C@@H](C3)[C@H]2C(=O)Nc2cccc(Cl)n2)c2cc(N)ccc12. The Balaban J connectivity index is 1.42. The van der Waals surface area contributed by atoms with Crippen LogP contribution in [0.4, 0.5) is 11.5 Å². The zero-order valence-electron chi connectivity index (χ0n) is 17.6. The minimum absolute atomic E-state index is 0.0203. The van der Waals surface area contributed by atoms with Gasteiger partial charge in [0.15, 0.2) is 5.69 Å². The molecule has 3 heterocycles. The monoisotopic (exact) mass is 467 g/mol. The Morgan fingerprint density at radius 2 is 2.00 bits per heavy atom. The van der Waals surface area contributed by atoms with E-state index in [-0.39, 0.29) is 41.2 Å². The van der Waals surface area contributed by atoms with E-state index in [0.717, 1.165) is 19.3 Å². The van der Waals surface area contributed by atoms with E-state index in [4.69, 9.17) is 23.1 Å². The molecule has 3 amide bonds. The first-order chi connectivity index (χ1) is 15.8. The van der Waals surface area contributed by atoms with E-state index in [1.807, 2.05) is 0 Å². The van der Waals surface area contributed by atoms with Crippen LogP contribution in [0.25, 0.3) is 10.9 Å². The molecule has 1 saturated carbocycles. The quantitative estimate of drug-likeness (QED) is 0.384. The third kappa shape index (κ3) is 3.76. The van der Waals surface area contributed by atoms with Crippen LogP contribution in [-0.2, 0) is 16.1 Å². The molecule has 5 N–H and O–H groups in total. The lowest BCUT2D eigenvalue weighted by molar-refractivity contribution is -0.141. The van der Waals surface area contributed by atoms with Gasteiger partial charge in [-0.05, 0) is 55.5 Å². The number of halogens is 1. The summed E-state index contributed by atoms with van der Waals surface area (Å²) >= 11 is 5.92. The molecule has 1 aromatic carbocycles. The first kappa shape index (κ1) is 21.2. The molecule has 5 rings (SSSR count). The van der Waals surface area contributed by atoms with Crippen molar-refractivity contribution in [1.82, 2.24) is 19.7 Å². The van der Waals surface area contributed by atoms with E-state index in [1.54, 1.807) is 41.3 Å². The molecule has 1 aliphatic carbocycles. The van der Waals surface area contributed by atoms with Crippen molar-refractivity contribution < 1.29 is 14.4 Å². The molecule has 0 radical (unpaired) electrons. The number of carbonyl (C=O) groups excluding carboxylic acids is 3. The third-order valence-corrected chi connectivity index (χ3v) is 6.61. The lowest BCUT2D eigenvalue weighted by Crippen LogP contribution is -2.52. The second-order valence-corrected chi connectivity index (χ2v) is 8.84. The van der Waals surface area contributed by atoms with Gasteiger partial charge in [0.05, 0.1) is 5.52 Å². The van der Waals surface area contributed by atoms with Gasteiger partial charge in [-0.25, -0.2) is 4.98 Å². The Bertz CT molecular complexity index is 1290. The van der Waals surface area contributed by atoms with Crippen molar-refractivity contribution in [3.8, 4) is 0 Å². The number of amides is 3. The Kier molecular flexibility index (Phi) is 5.16. The molecule has 2 fully saturated rings.